The number of aliphatic carboxylic acids is 1. The lowest BCUT2D eigenvalue weighted by atomic mass is 10.00. The third-order valence-electron chi connectivity index (χ3n) is 6.27. The van der Waals surface area contributed by atoms with Gasteiger partial charge in [-0.25, -0.2) is 9.79 Å². The number of hydrogen-bond acceptors (Lipinski definition) is 8. The van der Waals surface area contributed by atoms with Crippen molar-refractivity contribution in [2.24, 2.45) is 10.7 Å². The third-order valence-corrected chi connectivity index (χ3v) is 7.31. The molecule has 12 heteroatoms. The molecule has 2 unspecified atom stereocenters. The largest absolute Gasteiger partial charge is 0.480 e. The van der Waals surface area contributed by atoms with Crippen molar-refractivity contribution in [1.82, 2.24) is 10.2 Å². The normalized spacial score (nSPS) is 16.4. The van der Waals surface area contributed by atoms with E-state index < -0.39 is 41.9 Å². The molecule has 10 nitrogen and oxygen atoms in total. The van der Waals surface area contributed by atoms with E-state index in [9.17, 15) is 24.3 Å². The molecular formula is C27H33N5O5S2. The molecule has 0 aliphatic carbocycles. The van der Waals surface area contributed by atoms with Gasteiger partial charge in [-0.2, -0.15) is 24.4 Å². The summed E-state index contributed by atoms with van der Waals surface area (Å²) in [5, 5.41) is 12.0. The van der Waals surface area contributed by atoms with E-state index in [1.165, 1.54) is 28.6 Å². The predicted molar refractivity (Wildman–Crippen MR) is 156 cm³/mol. The van der Waals surface area contributed by atoms with Gasteiger partial charge in [-0.1, -0.05) is 48.5 Å². The summed E-state index contributed by atoms with van der Waals surface area (Å²) in [5.41, 5.74) is 8.38. The summed E-state index contributed by atoms with van der Waals surface area (Å²) < 4.78 is 0. The van der Waals surface area contributed by atoms with Gasteiger partial charge in [0.25, 0.3) is 5.91 Å². The zero-order valence-electron chi connectivity index (χ0n) is 21.8. The lowest BCUT2D eigenvalue weighted by Crippen LogP contribution is -2.53. The molecule has 2 aromatic rings. The van der Waals surface area contributed by atoms with Crippen LogP contribution in [0.25, 0.3) is 0 Å². The Morgan fingerprint density at radius 2 is 1.85 bits per heavy atom. The van der Waals surface area contributed by atoms with Crippen LogP contribution in [0.2, 0.25) is 0 Å². The number of para-hydroxylation sites is 1. The van der Waals surface area contributed by atoms with E-state index in [-0.39, 0.29) is 25.1 Å². The highest BCUT2D eigenvalue weighted by Gasteiger charge is 2.37. The minimum absolute atomic E-state index is 0.0503. The van der Waals surface area contributed by atoms with Crippen molar-refractivity contribution < 1.29 is 24.3 Å². The van der Waals surface area contributed by atoms with E-state index in [1.807, 2.05) is 48.7 Å². The molecule has 3 atom stereocenters. The van der Waals surface area contributed by atoms with Gasteiger partial charge in [0.1, 0.15) is 6.04 Å². The highest BCUT2D eigenvalue weighted by atomic mass is 32.2. The smallest absolute Gasteiger partial charge is 0.326 e. The van der Waals surface area contributed by atoms with Crippen LogP contribution < -0.4 is 16.0 Å². The van der Waals surface area contributed by atoms with Gasteiger partial charge in [0.05, 0.1) is 17.4 Å². The molecule has 4 N–H and O–H groups in total. The molecule has 0 saturated heterocycles. The van der Waals surface area contributed by atoms with Gasteiger partial charge >= 0.3 is 5.97 Å². The number of carbonyl (C=O) groups excluding carboxylic acids is 3. The van der Waals surface area contributed by atoms with Crippen LogP contribution >= 0.6 is 24.4 Å². The van der Waals surface area contributed by atoms with E-state index in [1.54, 1.807) is 12.1 Å². The Labute approximate surface area is 237 Å². The summed E-state index contributed by atoms with van der Waals surface area (Å²) in [6.07, 6.45) is 0.741. The number of rotatable bonds is 12. The zero-order valence-corrected chi connectivity index (χ0v) is 23.5. The van der Waals surface area contributed by atoms with Crippen LogP contribution in [0.15, 0.2) is 59.6 Å². The first-order chi connectivity index (χ1) is 18.7. The van der Waals surface area contributed by atoms with Gasteiger partial charge in [0.2, 0.25) is 18.0 Å². The number of nitrogens with zero attached hydrogens (tertiary/aromatic N) is 3. The molecule has 3 amide bonds. The number of anilines is 1. The third kappa shape index (κ3) is 7.40. The molecule has 0 bridgehead atoms. The van der Waals surface area contributed by atoms with Crippen molar-refractivity contribution in [3.05, 3.63) is 65.7 Å². The Morgan fingerprint density at radius 3 is 2.49 bits per heavy atom. The maximum absolute atomic E-state index is 14.0. The lowest BCUT2D eigenvalue weighted by molar-refractivity contribution is -0.141. The Morgan fingerprint density at radius 1 is 1.18 bits per heavy atom. The van der Waals surface area contributed by atoms with E-state index in [4.69, 9.17) is 10.7 Å². The van der Waals surface area contributed by atoms with E-state index in [2.05, 4.69) is 17.9 Å². The zero-order chi connectivity index (χ0) is 28.5. The number of carboxylic acids is 1. The number of nitrogens with two attached hydrogens (primary N) is 1. The van der Waals surface area contributed by atoms with Crippen LogP contribution in [0.5, 0.6) is 0 Å². The highest BCUT2D eigenvalue weighted by molar-refractivity contribution is 7.98. The summed E-state index contributed by atoms with van der Waals surface area (Å²) in [5.74, 6) is -1.96. The molecule has 1 aliphatic heterocycles. The number of benzodiazepines with no additional fused rings is 1. The number of carboxylic acid groups (broad SMARTS) is 1. The quantitative estimate of drug-likeness (QED) is 0.283. The average Bonchev–Trinajstić information content (AvgIpc) is 3.07. The number of benzene rings is 2. The fourth-order valence-corrected chi connectivity index (χ4v) is 4.78. The first-order valence-corrected chi connectivity index (χ1v) is 14.4. The average molecular weight is 572 g/mol. The second-order valence-electron chi connectivity index (χ2n) is 8.95. The molecule has 0 fully saturated rings. The molecule has 0 radical (unpaired) electrons. The fourth-order valence-electron chi connectivity index (χ4n) is 4.16. The summed E-state index contributed by atoms with van der Waals surface area (Å²) >= 11 is 5.60. The molecule has 2 aromatic carbocycles. The Bertz CT molecular complexity index is 1230. The number of fused-ring (bicyclic) bond motifs is 1. The number of hydrogen-bond donors (Lipinski definition) is 4. The highest BCUT2D eigenvalue weighted by Crippen LogP contribution is 2.29. The number of amides is 3. The van der Waals surface area contributed by atoms with E-state index >= 15 is 0 Å². The van der Waals surface area contributed by atoms with Crippen LogP contribution in [0.3, 0.4) is 0 Å². The SMILES string of the molecule is CSCC[C@H](NC(=O)CCN1C(=O)C(N(C)C(=O)C(N)CS)N=C(c2ccccc2)c2ccccc21)C(=O)O. The minimum Gasteiger partial charge on any atom is -0.480 e. The predicted octanol–water partition coefficient (Wildman–Crippen LogP) is 1.62. The number of nitrogens with one attached hydrogen (secondary N) is 1. The van der Waals surface area contributed by atoms with Crippen LogP contribution in [0.4, 0.5) is 5.69 Å². The molecule has 208 valence electrons. The first-order valence-electron chi connectivity index (χ1n) is 12.4. The molecule has 3 rings (SSSR count). The van der Waals surface area contributed by atoms with E-state index in [0.717, 1.165) is 5.56 Å². The van der Waals surface area contributed by atoms with Gasteiger partial charge < -0.3 is 26.0 Å². The van der Waals surface area contributed by atoms with Crippen LogP contribution in [0, 0.1) is 0 Å². The maximum atomic E-state index is 14.0. The Kier molecular flexibility index (Phi) is 11.0. The molecule has 39 heavy (non-hydrogen) atoms. The molecule has 1 aliphatic rings. The summed E-state index contributed by atoms with van der Waals surface area (Å²) in [4.78, 5) is 58.7. The molecule has 1 heterocycles. The summed E-state index contributed by atoms with van der Waals surface area (Å²) in [7, 11) is 1.46. The fraction of sp³-hybridized carbons (Fsp3) is 0.370. The second-order valence-corrected chi connectivity index (χ2v) is 10.3. The van der Waals surface area contributed by atoms with Gasteiger partial charge in [-0.05, 0) is 24.5 Å². The molecule has 0 spiro atoms. The topological polar surface area (TPSA) is 145 Å². The molecular weight excluding hydrogens is 538 g/mol. The Balaban J connectivity index is 1.99. The number of carbonyl (C=O) groups is 4. The van der Waals surface area contributed by atoms with Crippen molar-refractivity contribution in [3.8, 4) is 0 Å². The van der Waals surface area contributed by atoms with E-state index in [0.29, 0.717) is 22.7 Å². The lowest BCUT2D eigenvalue weighted by Gasteiger charge is -2.30. The van der Waals surface area contributed by atoms with Crippen LogP contribution in [-0.2, 0) is 19.2 Å². The summed E-state index contributed by atoms with van der Waals surface area (Å²) in [6, 6.07) is 14.5. The number of likely N-dealkylation sites (N-methyl/N-ethyl adjacent to an activating group) is 1. The molecule has 0 aromatic heterocycles. The van der Waals surface area contributed by atoms with Crippen molar-refractivity contribution in [3.63, 3.8) is 0 Å². The standard InChI is InChI=1S/C27H33N5O5S2/c1-31(25(34)19(28)16-38)24-26(35)32(14-12-22(33)29-20(27(36)37)13-15-39-2)21-11-7-6-10-18(21)23(30-24)17-8-4-3-5-9-17/h3-11,19-20,24,38H,12-16,28H2,1-2H3,(H,29,33)(H,36,37)/t19?,20-,24?/m0/s1. The van der Waals surface area contributed by atoms with Crippen molar-refractivity contribution >= 4 is 59.5 Å². The van der Waals surface area contributed by atoms with Crippen molar-refractivity contribution in [1.29, 1.82) is 0 Å². The monoisotopic (exact) mass is 571 g/mol. The van der Waals surface area contributed by atoms with Gasteiger partial charge in [-0.3, -0.25) is 14.4 Å². The summed E-state index contributed by atoms with van der Waals surface area (Å²) in [6.45, 7) is -0.0503. The minimum atomic E-state index is -1.25. The van der Waals surface area contributed by atoms with Crippen LogP contribution in [-0.4, -0.2) is 89.0 Å². The second kappa shape index (κ2) is 14.2. The van der Waals surface area contributed by atoms with Gasteiger partial charge in [0.15, 0.2) is 0 Å². The molecule has 0 saturated carbocycles. The number of thioether (sulfide) groups is 1. The van der Waals surface area contributed by atoms with Gasteiger partial charge in [-0.15, -0.1) is 0 Å². The number of aliphatic imine (C=N–C) groups is 1. The van der Waals surface area contributed by atoms with Crippen LogP contribution in [0.1, 0.15) is 24.0 Å². The Hall–Kier alpha value is -3.35. The number of thiol groups is 1. The maximum Gasteiger partial charge on any atom is 0.326 e. The van der Waals surface area contributed by atoms with Crippen molar-refractivity contribution in [2.75, 3.05) is 36.3 Å². The van der Waals surface area contributed by atoms with Gasteiger partial charge in [0, 0.05) is 36.9 Å². The first kappa shape index (κ1) is 30.2. The van der Waals surface area contributed by atoms with Crippen molar-refractivity contribution in [2.45, 2.75) is 31.1 Å².